The van der Waals surface area contributed by atoms with E-state index in [1.807, 2.05) is 0 Å². The summed E-state index contributed by atoms with van der Waals surface area (Å²) in [4.78, 5) is 23.6. The average Bonchev–Trinajstić information content (AvgIpc) is 2.58. The van der Waals surface area contributed by atoms with Gasteiger partial charge >= 0.3 is 5.97 Å². The first-order chi connectivity index (χ1) is 11.9. The fourth-order valence-electron chi connectivity index (χ4n) is 1.93. The third-order valence-corrected chi connectivity index (χ3v) is 3.71. The van der Waals surface area contributed by atoms with Gasteiger partial charge in [0.2, 0.25) is 5.78 Å². The summed E-state index contributed by atoms with van der Waals surface area (Å²) in [5.41, 5.74) is 0.655. The lowest BCUT2D eigenvalue weighted by Gasteiger charge is -2.04. The normalized spacial score (nSPS) is 10.7. The van der Waals surface area contributed by atoms with Crippen molar-refractivity contribution >= 4 is 41.0 Å². The van der Waals surface area contributed by atoms with Crippen LogP contribution in [0.1, 0.15) is 15.9 Å². The molecule has 2 rings (SSSR count). The molecule has 0 unspecified atom stereocenters. The second kappa shape index (κ2) is 8.65. The van der Waals surface area contributed by atoms with Crippen LogP contribution in [0.5, 0.6) is 5.75 Å². The topological polar surface area (TPSA) is 52.6 Å². The van der Waals surface area contributed by atoms with Gasteiger partial charge in [-0.15, -0.1) is 0 Å². The van der Waals surface area contributed by atoms with E-state index >= 15 is 0 Å². The first kappa shape index (κ1) is 19.0. The van der Waals surface area contributed by atoms with Gasteiger partial charge in [-0.3, -0.25) is 4.79 Å². The molecule has 0 amide bonds. The summed E-state index contributed by atoms with van der Waals surface area (Å²) in [6, 6.07) is 8.62. The number of Topliss-reactive ketones (excluding diaryl/α,β-unsaturated/α-hetero) is 1. The highest BCUT2D eigenvalue weighted by atomic mass is 35.5. The van der Waals surface area contributed by atoms with Gasteiger partial charge in [-0.05, 0) is 42.0 Å². The number of benzene rings is 2. The fourth-order valence-corrected chi connectivity index (χ4v) is 2.44. The number of esters is 1. The van der Waals surface area contributed by atoms with Gasteiger partial charge < -0.3 is 9.47 Å². The number of methoxy groups -OCH3 is 1. The zero-order chi connectivity index (χ0) is 18.4. The summed E-state index contributed by atoms with van der Waals surface area (Å²) >= 11 is 11.7. The first-order valence-corrected chi connectivity index (χ1v) is 7.83. The predicted molar refractivity (Wildman–Crippen MR) is 93.7 cm³/mol. The number of carbonyl (C=O) groups is 2. The largest absolute Gasteiger partial charge is 0.494 e. The van der Waals surface area contributed by atoms with Gasteiger partial charge in [0.1, 0.15) is 0 Å². The highest BCUT2D eigenvalue weighted by Gasteiger charge is 2.12. The van der Waals surface area contributed by atoms with Gasteiger partial charge in [0.15, 0.2) is 18.2 Å². The van der Waals surface area contributed by atoms with Crippen LogP contribution in [0.3, 0.4) is 0 Å². The summed E-state index contributed by atoms with van der Waals surface area (Å²) < 4.78 is 23.2. The van der Waals surface area contributed by atoms with Crippen molar-refractivity contribution in [1.29, 1.82) is 0 Å². The highest BCUT2D eigenvalue weighted by molar-refractivity contribution is 6.36. The van der Waals surface area contributed by atoms with Gasteiger partial charge in [0, 0.05) is 16.7 Å². The number of carbonyl (C=O) groups excluding carboxylic acids is 2. The Kier molecular flexibility index (Phi) is 6.56. The van der Waals surface area contributed by atoms with Crippen LogP contribution in [0.25, 0.3) is 6.08 Å². The lowest BCUT2D eigenvalue weighted by Crippen LogP contribution is -2.13. The zero-order valence-corrected chi connectivity index (χ0v) is 14.6. The second-order valence-electron chi connectivity index (χ2n) is 4.88. The maximum atomic E-state index is 13.5. The molecule has 0 saturated heterocycles. The Hall–Kier alpha value is -2.37. The third kappa shape index (κ3) is 5.31. The van der Waals surface area contributed by atoms with E-state index < -0.39 is 24.2 Å². The molecule has 0 aromatic heterocycles. The highest BCUT2D eigenvalue weighted by Crippen LogP contribution is 2.21. The first-order valence-electron chi connectivity index (χ1n) is 7.07. The summed E-state index contributed by atoms with van der Waals surface area (Å²) in [7, 11) is 1.36. The van der Waals surface area contributed by atoms with Crippen LogP contribution in [-0.2, 0) is 9.53 Å². The molecule has 2 aromatic rings. The Morgan fingerprint density at radius 2 is 1.92 bits per heavy atom. The van der Waals surface area contributed by atoms with Crippen molar-refractivity contribution in [2.24, 2.45) is 0 Å². The van der Waals surface area contributed by atoms with Crippen molar-refractivity contribution in [2.45, 2.75) is 0 Å². The molecule has 0 aliphatic rings. The standard InChI is InChI=1S/C18H13Cl2FO4/c1-24-17-6-2-11(8-15(17)21)3-7-18(23)25-10-16(22)13-5-4-12(19)9-14(13)20/h2-9H,10H2,1H3/b7-3+. The molecule has 0 spiro atoms. The average molecular weight is 383 g/mol. The van der Waals surface area contributed by atoms with Crippen molar-refractivity contribution < 1.29 is 23.5 Å². The molecule has 2 aromatic carbocycles. The molecular formula is C18H13Cl2FO4. The molecule has 0 aliphatic heterocycles. The fraction of sp³-hybridized carbons (Fsp3) is 0.111. The van der Waals surface area contributed by atoms with E-state index in [-0.39, 0.29) is 16.3 Å². The van der Waals surface area contributed by atoms with Crippen LogP contribution < -0.4 is 4.74 Å². The van der Waals surface area contributed by atoms with Crippen LogP contribution >= 0.6 is 23.2 Å². The Labute approximate surface area is 153 Å². The van der Waals surface area contributed by atoms with E-state index in [1.54, 1.807) is 6.07 Å². The summed E-state index contributed by atoms with van der Waals surface area (Å²) in [5.74, 6) is -1.65. The molecule has 0 atom stereocenters. The Balaban J connectivity index is 1.94. The van der Waals surface area contributed by atoms with Gasteiger partial charge in [-0.2, -0.15) is 0 Å². The molecule has 4 nitrogen and oxygen atoms in total. The van der Waals surface area contributed by atoms with E-state index in [0.717, 1.165) is 6.08 Å². The van der Waals surface area contributed by atoms with Gasteiger partial charge in [0.25, 0.3) is 0 Å². The number of ether oxygens (including phenoxy) is 2. The second-order valence-corrected chi connectivity index (χ2v) is 5.73. The number of hydrogen-bond donors (Lipinski definition) is 0. The van der Waals surface area contributed by atoms with Crippen molar-refractivity contribution in [3.8, 4) is 5.75 Å². The van der Waals surface area contributed by atoms with Crippen LogP contribution in [0.15, 0.2) is 42.5 Å². The molecule has 25 heavy (non-hydrogen) atoms. The molecule has 0 N–H and O–H groups in total. The Bertz CT molecular complexity index is 834. The summed E-state index contributed by atoms with van der Waals surface area (Å²) in [5, 5.41) is 0.575. The van der Waals surface area contributed by atoms with Crippen molar-refractivity contribution in [3.63, 3.8) is 0 Å². The van der Waals surface area contributed by atoms with E-state index in [4.69, 9.17) is 32.7 Å². The van der Waals surface area contributed by atoms with Gasteiger partial charge in [0.05, 0.1) is 12.1 Å². The van der Waals surface area contributed by atoms with Crippen LogP contribution in [-0.4, -0.2) is 25.5 Å². The van der Waals surface area contributed by atoms with E-state index in [1.165, 1.54) is 43.5 Å². The molecule has 130 valence electrons. The van der Waals surface area contributed by atoms with Crippen LogP contribution in [0, 0.1) is 5.82 Å². The molecular weight excluding hydrogens is 370 g/mol. The van der Waals surface area contributed by atoms with Crippen molar-refractivity contribution in [1.82, 2.24) is 0 Å². The van der Waals surface area contributed by atoms with Crippen LogP contribution in [0.2, 0.25) is 10.0 Å². The molecule has 0 fully saturated rings. The van der Waals surface area contributed by atoms with Gasteiger partial charge in [-0.1, -0.05) is 29.3 Å². The molecule has 0 saturated carbocycles. The number of rotatable bonds is 6. The maximum Gasteiger partial charge on any atom is 0.331 e. The third-order valence-electron chi connectivity index (χ3n) is 3.16. The molecule has 0 heterocycles. The van der Waals surface area contributed by atoms with E-state index in [0.29, 0.717) is 10.6 Å². The SMILES string of the molecule is COc1ccc(/C=C/C(=O)OCC(=O)c2ccc(Cl)cc2Cl)cc1F. The maximum absolute atomic E-state index is 13.5. The van der Waals surface area contributed by atoms with Crippen molar-refractivity contribution in [3.05, 3.63) is 69.5 Å². The number of halogens is 3. The molecule has 7 heteroatoms. The molecule has 0 radical (unpaired) electrons. The number of ketones is 1. The quantitative estimate of drug-likeness (QED) is 0.416. The van der Waals surface area contributed by atoms with Gasteiger partial charge in [-0.25, -0.2) is 9.18 Å². The smallest absolute Gasteiger partial charge is 0.331 e. The van der Waals surface area contributed by atoms with Crippen LogP contribution in [0.4, 0.5) is 4.39 Å². The monoisotopic (exact) mass is 382 g/mol. The number of hydrogen-bond acceptors (Lipinski definition) is 4. The molecule has 0 aliphatic carbocycles. The van der Waals surface area contributed by atoms with E-state index in [9.17, 15) is 14.0 Å². The molecule has 0 bridgehead atoms. The summed E-state index contributed by atoms with van der Waals surface area (Å²) in [6.07, 6.45) is 2.46. The Morgan fingerprint density at radius 1 is 1.16 bits per heavy atom. The lowest BCUT2D eigenvalue weighted by molar-refractivity contribution is -0.136. The lowest BCUT2D eigenvalue weighted by atomic mass is 10.1. The minimum Gasteiger partial charge on any atom is -0.494 e. The minimum atomic E-state index is -0.741. The summed E-state index contributed by atoms with van der Waals surface area (Å²) in [6.45, 7) is -0.471. The van der Waals surface area contributed by atoms with E-state index in [2.05, 4.69) is 0 Å². The minimum absolute atomic E-state index is 0.102. The zero-order valence-electron chi connectivity index (χ0n) is 13.1. The predicted octanol–water partition coefficient (Wildman–Crippen LogP) is 4.58. The van der Waals surface area contributed by atoms with Crippen molar-refractivity contribution in [2.75, 3.05) is 13.7 Å². The Morgan fingerprint density at radius 3 is 2.56 bits per heavy atom.